The Morgan fingerprint density at radius 3 is 3.06 bits per heavy atom. The number of thioether (sulfide) groups is 1. The van der Waals surface area contributed by atoms with Crippen LogP contribution < -0.4 is 0 Å². The molecule has 0 aliphatic carbocycles. The Balaban J connectivity index is 2.16. The van der Waals surface area contributed by atoms with E-state index in [1.54, 1.807) is 23.6 Å². The van der Waals surface area contributed by atoms with Crippen molar-refractivity contribution in [3.63, 3.8) is 0 Å². The van der Waals surface area contributed by atoms with Crippen LogP contribution in [-0.4, -0.2) is 56.2 Å². The van der Waals surface area contributed by atoms with Crippen LogP contribution in [-0.2, 0) is 4.79 Å². The van der Waals surface area contributed by atoms with Gasteiger partial charge >= 0.3 is 5.97 Å². The van der Waals surface area contributed by atoms with Crippen LogP contribution in [0, 0.1) is 6.92 Å². The summed E-state index contributed by atoms with van der Waals surface area (Å²) in [6.45, 7) is 2.37. The lowest BCUT2D eigenvalue weighted by Crippen LogP contribution is -2.47. The van der Waals surface area contributed by atoms with Crippen LogP contribution in [0.2, 0.25) is 0 Å². The molecule has 18 heavy (non-hydrogen) atoms. The first-order valence-electron chi connectivity index (χ1n) is 5.70. The number of rotatable bonds is 3. The van der Waals surface area contributed by atoms with Gasteiger partial charge < -0.3 is 10.0 Å². The van der Waals surface area contributed by atoms with Gasteiger partial charge in [-0.3, -0.25) is 14.7 Å². The van der Waals surface area contributed by atoms with Gasteiger partial charge in [0.15, 0.2) is 0 Å². The number of hydrogen-bond acceptors (Lipinski definition) is 4. The van der Waals surface area contributed by atoms with Crippen molar-refractivity contribution >= 4 is 23.6 Å². The molecule has 0 saturated carbocycles. The molecule has 98 valence electrons. The third kappa shape index (κ3) is 2.66. The smallest absolute Gasteiger partial charge is 0.305 e. The second-order valence-corrected chi connectivity index (χ2v) is 5.38. The zero-order valence-corrected chi connectivity index (χ0v) is 10.9. The number of aromatic amines is 1. The van der Waals surface area contributed by atoms with Crippen molar-refractivity contribution in [2.45, 2.75) is 19.4 Å². The van der Waals surface area contributed by atoms with Crippen LogP contribution in [0.4, 0.5) is 0 Å². The van der Waals surface area contributed by atoms with E-state index in [-0.39, 0.29) is 18.4 Å². The van der Waals surface area contributed by atoms with E-state index in [9.17, 15) is 9.59 Å². The lowest BCUT2D eigenvalue weighted by atomic mass is 10.1. The van der Waals surface area contributed by atoms with Crippen molar-refractivity contribution in [3.8, 4) is 0 Å². The summed E-state index contributed by atoms with van der Waals surface area (Å²) in [5, 5.41) is 15.4. The molecule has 0 aromatic carbocycles. The van der Waals surface area contributed by atoms with Crippen molar-refractivity contribution in [2.24, 2.45) is 0 Å². The van der Waals surface area contributed by atoms with Crippen LogP contribution in [0.25, 0.3) is 0 Å². The number of H-pyrrole nitrogens is 1. The Hall–Kier alpha value is -1.50. The van der Waals surface area contributed by atoms with E-state index in [0.29, 0.717) is 23.6 Å². The van der Waals surface area contributed by atoms with Gasteiger partial charge in [0.05, 0.1) is 24.2 Å². The maximum Gasteiger partial charge on any atom is 0.305 e. The molecular weight excluding hydrogens is 254 g/mol. The van der Waals surface area contributed by atoms with Gasteiger partial charge in [0, 0.05) is 23.7 Å². The number of carboxylic acid groups (broad SMARTS) is 1. The molecule has 1 amide bonds. The zero-order chi connectivity index (χ0) is 13.1. The molecular formula is C11H15N3O3S. The minimum Gasteiger partial charge on any atom is -0.481 e. The maximum absolute atomic E-state index is 12.3. The highest BCUT2D eigenvalue weighted by atomic mass is 32.2. The highest BCUT2D eigenvalue weighted by molar-refractivity contribution is 7.99. The number of amides is 1. The van der Waals surface area contributed by atoms with Crippen molar-refractivity contribution in [2.75, 3.05) is 18.1 Å². The monoisotopic (exact) mass is 269 g/mol. The summed E-state index contributed by atoms with van der Waals surface area (Å²) in [4.78, 5) is 24.8. The fourth-order valence-corrected chi connectivity index (χ4v) is 3.08. The average Bonchev–Trinajstić information content (AvgIpc) is 2.74. The van der Waals surface area contributed by atoms with Crippen LogP contribution in [0.1, 0.15) is 22.5 Å². The van der Waals surface area contributed by atoms with E-state index >= 15 is 0 Å². The molecule has 0 radical (unpaired) electrons. The van der Waals surface area contributed by atoms with Gasteiger partial charge in [0.25, 0.3) is 5.91 Å². The predicted molar refractivity (Wildman–Crippen MR) is 67.7 cm³/mol. The molecule has 1 aliphatic rings. The number of aliphatic carboxylic acids is 1. The van der Waals surface area contributed by atoms with Gasteiger partial charge in [-0.15, -0.1) is 0 Å². The number of carbonyl (C=O) groups excluding carboxylic acids is 1. The van der Waals surface area contributed by atoms with Crippen molar-refractivity contribution in [1.29, 1.82) is 0 Å². The summed E-state index contributed by atoms with van der Waals surface area (Å²) in [5.41, 5.74) is 1.24. The molecule has 0 bridgehead atoms. The predicted octanol–water partition coefficient (Wildman–Crippen LogP) is 0.750. The largest absolute Gasteiger partial charge is 0.481 e. The third-order valence-electron chi connectivity index (χ3n) is 2.96. The average molecular weight is 269 g/mol. The first-order valence-corrected chi connectivity index (χ1v) is 6.85. The highest BCUT2D eigenvalue weighted by Crippen LogP contribution is 2.21. The maximum atomic E-state index is 12.3. The first-order chi connectivity index (χ1) is 8.59. The summed E-state index contributed by atoms with van der Waals surface area (Å²) < 4.78 is 0. The molecule has 0 spiro atoms. The number of nitrogens with one attached hydrogen (secondary N) is 1. The van der Waals surface area contributed by atoms with Crippen molar-refractivity contribution in [1.82, 2.24) is 15.1 Å². The van der Waals surface area contributed by atoms with Crippen LogP contribution in [0.3, 0.4) is 0 Å². The summed E-state index contributed by atoms with van der Waals surface area (Å²) in [6.07, 6.45) is 1.49. The molecule has 7 heteroatoms. The Morgan fingerprint density at radius 1 is 1.67 bits per heavy atom. The number of carbonyl (C=O) groups is 2. The fraction of sp³-hybridized carbons (Fsp3) is 0.545. The minimum atomic E-state index is -0.871. The quantitative estimate of drug-likeness (QED) is 0.845. The SMILES string of the molecule is Cc1[nH]ncc1C(=O)N1CCSCC1CC(=O)O. The number of aryl methyl sites for hydroxylation is 1. The van der Waals surface area contributed by atoms with Gasteiger partial charge in [-0.05, 0) is 6.92 Å². The Kier molecular flexibility index (Phi) is 3.90. The summed E-state index contributed by atoms with van der Waals surface area (Å²) in [7, 11) is 0. The molecule has 2 rings (SSSR count). The second-order valence-electron chi connectivity index (χ2n) is 4.23. The number of aromatic nitrogens is 2. The third-order valence-corrected chi connectivity index (χ3v) is 4.05. The van der Waals surface area contributed by atoms with Gasteiger partial charge in [-0.2, -0.15) is 16.9 Å². The van der Waals surface area contributed by atoms with E-state index in [4.69, 9.17) is 5.11 Å². The Labute approximate surface area is 109 Å². The molecule has 2 heterocycles. The second kappa shape index (κ2) is 5.43. The van der Waals surface area contributed by atoms with Gasteiger partial charge in [-0.1, -0.05) is 0 Å². The minimum absolute atomic E-state index is 0.00433. The highest BCUT2D eigenvalue weighted by Gasteiger charge is 2.30. The van der Waals surface area contributed by atoms with Gasteiger partial charge in [-0.25, -0.2) is 0 Å². The molecule has 1 fully saturated rings. The van der Waals surface area contributed by atoms with E-state index in [1.807, 2.05) is 0 Å². The molecule has 1 aromatic rings. The lowest BCUT2D eigenvalue weighted by molar-refractivity contribution is -0.138. The number of hydrogen-bond donors (Lipinski definition) is 2. The summed E-state index contributed by atoms with van der Waals surface area (Å²) >= 11 is 1.69. The number of carboxylic acids is 1. The van der Waals surface area contributed by atoms with E-state index in [1.165, 1.54) is 6.20 Å². The van der Waals surface area contributed by atoms with Crippen LogP contribution in [0.15, 0.2) is 6.20 Å². The zero-order valence-electron chi connectivity index (χ0n) is 10.0. The Morgan fingerprint density at radius 2 is 2.44 bits per heavy atom. The molecule has 1 aliphatic heterocycles. The summed E-state index contributed by atoms with van der Waals surface area (Å²) in [6, 6.07) is -0.233. The summed E-state index contributed by atoms with van der Waals surface area (Å²) in [5.74, 6) is 0.519. The van der Waals surface area contributed by atoms with E-state index < -0.39 is 5.97 Å². The standard InChI is InChI=1S/C11H15N3O3S/c1-7-9(5-12-13-7)11(17)14-2-3-18-6-8(14)4-10(15)16/h5,8H,2-4,6H2,1H3,(H,12,13)(H,15,16). The van der Waals surface area contributed by atoms with E-state index in [0.717, 1.165) is 5.75 Å². The van der Waals surface area contributed by atoms with E-state index in [2.05, 4.69) is 10.2 Å². The van der Waals surface area contributed by atoms with Crippen molar-refractivity contribution < 1.29 is 14.7 Å². The Bertz CT molecular complexity index is 460. The molecule has 1 unspecified atom stereocenters. The lowest BCUT2D eigenvalue weighted by Gasteiger charge is -2.34. The van der Waals surface area contributed by atoms with Gasteiger partial charge in [0.1, 0.15) is 0 Å². The molecule has 1 atom stereocenters. The van der Waals surface area contributed by atoms with Gasteiger partial charge in [0.2, 0.25) is 0 Å². The molecule has 1 aromatic heterocycles. The van der Waals surface area contributed by atoms with Crippen LogP contribution >= 0.6 is 11.8 Å². The molecule has 6 nitrogen and oxygen atoms in total. The van der Waals surface area contributed by atoms with Crippen molar-refractivity contribution in [3.05, 3.63) is 17.5 Å². The molecule has 2 N–H and O–H groups in total. The normalized spacial score (nSPS) is 19.8. The first kappa shape index (κ1) is 12.9. The van der Waals surface area contributed by atoms with Crippen LogP contribution in [0.5, 0.6) is 0 Å². The molecule has 1 saturated heterocycles. The fourth-order valence-electron chi connectivity index (χ4n) is 2.01. The topological polar surface area (TPSA) is 86.3 Å². The number of nitrogens with zero attached hydrogens (tertiary/aromatic N) is 2.